The molecule has 1 aliphatic rings. The third-order valence-electron chi connectivity index (χ3n) is 4.47. The molecule has 1 N–H and O–H groups in total. The van der Waals surface area contributed by atoms with E-state index in [-0.39, 0.29) is 0 Å². The molecule has 0 unspecified atom stereocenters. The van der Waals surface area contributed by atoms with Gasteiger partial charge in [-0.2, -0.15) is 0 Å². The molecule has 0 saturated heterocycles. The number of fused-ring (bicyclic) bond motifs is 3. The lowest BCUT2D eigenvalue weighted by molar-refractivity contribution is 0.911. The first-order chi connectivity index (χ1) is 11.5. The number of rotatable bonds is 2. The lowest BCUT2D eigenvalue weighted by Crippen LogP contribution is -2.21. The number of halogens is 1. The monoisotopic (exact) mass is 355 g/mol. The SMILES string of the molecule is Cc1ccc(CNC2=NCc3c2sc2nc(C)c(Cl)c(C)c32)cc1. The molecule has 122 valence electrons. The number of hydrogen-bond acceptors (Lipinski definition) is 4. The van der Waals surface area contributed by atoms with Crippen molar-refractivity contribution >= 4 is 39.0 Å². The number of hydrogen-bond donors (Lipinski definition) is 1. The van der Waals surface area contributed by atoms with E-state index in [9.17, 15) is 0 Å². The molecule has 0 amide bonds. The van der Waals surface area contributed by atoms with E-state index >= 15 is 0 Å². The second-order valence-electron chi connectivity index (χ2n) is 6.23. The maximum Gasteiger partial charge on any atom is 0.139 e. The zero-order chi connectivity index (χ0) is 16.8. The summed E-state index contributed by atoms with van der Waals surface area (Å²) in [6.07, 6.45) is 0. The van der Waals surface area contributed by atoms with Gasteiger partial charge in [-0.1, -0.05) is 41.4 Å². The van der Waals surface area contributed by atoms with Crippen LogP contribution in [0, 0.1) is 20.8 Å². The van der Waals surface area contributed by atoms with Gasteiger partial charge in [0, 0.05) is 17.5 Å². The number of benzene rings is 1. The highest BCUT2D eigenvalue weighted by Gasteiger charge is 2.24. The highest BCUT2D eigenvalue weighted by molar-refractivity contribution is 7.20. The highest BCUT2D eigenvalue weighted by Crippen LogP contribution is 2.39. The van der Waals surface area contributed by atoms with Gasteiger partial charge in [0.1, 0.15) is 10.7 Å². The fourth-order valence-electron chi connectivity index (χ4n) is 3.10. The summed E-state index contributed by atoms with van der Waals surface area (Å²) in [7, 11) is 0. The summed E-state index contributed by atoms with van der Waals surface area (Å²) in [4.78, 5) is 11.6. The molecule has 24 heavy (non-hydrogen) atoms. The molecule has 0 atom stereocenters. The van der Waals surface area contributed by atoms with Gasteiger partial charge in [-0.3, -0.25) is 4.99 Å². The van der Waals surface area contributed by atoms with Crippen LogP contribution in [0.2, 0.25) is 5.02 Å². The second kappa shape index (κ2) is 5.87. The van der Waals surface area contributed by atoms with Crippen LogP contribution < -0.4 is 5.32 Å². The van der Waals surface area contributed by atoms with Crippen LogP contribution in [0.4, 0.5) is 0 Å². The number of thiophene rings is 1. The van der Waals surface area contributed by atoms with Gasteiger partial charge in [-0.05, 0) is 31.9 Å². The van der Waals surface area contributed by atoms with E-state index in [1.807, 2.05) is 6.92 Å². The van der Waals surface area contributed by atoms with Crippen LogP contribution in [0.5, 0.6) is 0 Å². The van der Waals surface area contributed by atoms with Gasteiger partial charge in [0.15, 0.2) is 0 Å². The van der Waals surface area contributed by atoms with Crippen molar-refractivity contribution in [2.75, 3.05) is 0 Å². The maximum absolute atomic E-state index is 6.39. The Morgan fingerprint density at radius 3 is 2.67 bits per heavy atom. The predicted octanol–water partition coefficient (Wildman–Crippen LogP) is 4.92. The molecule has 4 rings (SSSR count). The van der Waals surface area contributed by atoms with Gasteiger partial charge in [0.05, 0.1) is 22.1 Å². The molecule has 5 heteroatoms. The van der Waals surface area contributed by atoms with Crippen molar-refractivity contribution < 1.29 is 0 Å². The van der Waals surface area contributed by atoms with Gasteiger partial charge in [0.25, 0.3) is 0 Å². The molecule has 3 heterocycles. The van der Waals surface area contributed by atoms with Crippen LogP contribution in [-0.4, -0.2) is 10.8 Å². The number of nitrogens with zero attached hydrogens (tertiary/aromatic N) is 2. The van der Waals surface area contributed by atoms with Crippen LogP contribution in [-0.2, 0) is 13.1 Å². The third-order valence-corrected chi connectivity index (χ3v) is 6.16. The normalized spacial score (nSPS) is 13.2. The van der Waals surface area contributed by atoms with Crippen molar-refractivity contribution in [2.45, 2.75) is 33.9 Å². The topological polar surface area (TPSA) is 37.3 Å². The number of amidine groups is 1. The first-order valence-corrected chi connectivity index (χ1v) is 9.16. The molecule has 1 aromatic carbocycles. The molecule has 0 saturated carbocycles. The van der Waals surface area contributed by atoms with E-state index in [1.165, 1.54) is 27.0 Å². The molecule has 3 nitrogen and oxygen atoms in total. The number of aromatic nitrogens is 1. The number of nitrogens with one attached hydrogen (secondary N) is 1. The Morgan fingerprint density at radius 2 is 1.92 bits per heavy atom. The van der Waals surface area contributed by atoms with Crippen molar-refractivity contribution in [3.8, 4) is 0 Å². The van der Waals surface area contributed by atoms with Crippen LogP contribution in [0.25, 0.3) is 10.2 Å². The fourth-order valence-corrected chi connectivity index (χ4v) is 4.51. The molecule has 0 aliphatic carbocycles. The van der Waals surface area contributed by atoms with E-state index in [2.05, 4.69) is 53.4 Å². The minimum Gasteiger partial charge on any atom is -0.365 e. The molecular weight excluding hydrogens is 338 g/mol. The fraction of sp³-hybridized carbons (Fsp3) is 0.263. The second-order valence-corrected chi connectivity index (χ2v) is 7.61. The van der Waals surface area contributed by atoms with Gasteiger partial charge in [0.2, 0.25) is 0 Å². The molecule has 1 aliphatic heterocycles. The number of pyridine rings is 1. The summed E-state index contributed by atoms with van der Waals surface area (Å²) in [5.41, 5.74) is 5.80. The lowest BCUT2D eigenvalue weighted by Gasteiger charge is -2.06. The third kappa shape index (κ3) is 2.50. The summed E-state index contributed by atoms with van der Waals surface area (Å²) in [6.45, 7) is 7.62. The Morgan fingerprint density at radius 1 is 1.17 bits per heavy atom. The van der Waals surface area contributed by atoms with Gasteiger partial charge in [-0.15, -0.1) is 11.3 Å². The minimum atomic E-state index is 0.702. The van der Waals surface area contributed by atoms with E-state index in [4.69, 9.17) is 11.6 Å². The Bertz CT molecular complexity index is 971. The summed E-state index contributed by atoms with van der Waals surface area (Å²) in [6, 6.07) is 8.57. The quantitative estimate of drug-likeness (QED) is 0.708. The van der Waals surface area contributed by atoms with E-state index in [0.717, 1.165) is 33.5 Å². The van der Waals surface area contributed by atoms with Crippen LogP contribution in [0.3, 0.4) is 0 Å². The molecule has 0 radical (unpaired) electrons. The van der Waals surface area contributed by atoms with E-state index in [1.54, 1.807) is 11.3 Å². The largest absolute Gasteiger partial charge is 0.365 e. The van der Waals surface area contributed by atoms with E-state index < -0.39 is 0 Å². The Kier molecular flexibility index (Phi) is 3.82. The molecule has 0 spiro atoms. The van der Waals surface area contributed by atoms with Gasteiger partial charge >= 0.3 is 0 Å². The predicted molar refractivity (Wildman–Crippen MR) is 102 cm³/mol. The van der Waals surface area contributed by atoms with Gasteiger partial charge < -0.3 is 5.32 Å². The highest BCUT2D eigenvalue weighted by atomic mass is 35.5. The summed E-state index contributed by atoms with van der Waals surface area (Å²) in [5, 5.41) is 5.43. The molecule has 3 aromatic rings. The number of aryl methyl sites for hydroxylation is 3. The van der Waals surface area contributed by atoms with Crippen molar-refractivity contribution in [2.24, 2.45) is 4.99 Å². The van der Waals surface area contributed by atoms with Crippen molar-refractivity contribution in [3.63, 3.8) is 0 Å². The molecular formula is C19H18ClN3S. The van der Waals surface area contributed by atoms with Crippen LogP contribution in [0.1, 0.15) is 32.8 Å². The first-order valence-electron chi connectivity index (χ1n) is 7.97. The van der Waals surface area contributed by atoms with Crippen molar-refractivity contribution in [1.82, 2.24) is 10.3 Å². The van der Waals surface area contributed by atoms with Crippen LogP contribution in [0.15, 0.2) is 29.3 Å². The first kappa shape index (κ1) is 15.6. The zero-order valence-electron chi connectivity index (χ0n) is 13.9. The number of aliphatic imine (C=N–C) groups is 1. The molecule has 0 bridgehead atoms. The maximum atomic E-state index is 6.39. The van der Waals surface area contributed by atoms with E-state index in [0.29, 0.717) is 6.54 Å². The van der Waals surface area contributed by atoms with Gasteiger partial charge in [-0.25, -0.2) is 4.98 Å². The Balaban J connectivity index is 1.65. The smallest absolute Gasteiger partial charge is 0.139 e. The minimum absolute atomic E-state index is 0.702. The Hall–Kier alpha value is -1.91. The van der Waals surface area contributed by atoms with Crippen molar-refractivity contribution in [1.29, 1.82) is 0 Å². The lowest BCUT2D eigenvalue weighted by atomic mass is 10.1. The average Bonchev–Trinajstić information content (AvgIpc) is 3.11. The van der Waals surface area contributed by atoms with Crippen molar-refractivity contribution in [3.05, 3.63) is 62.1 Å². The molecule has 0 fully saturated rings. The summed E-state index contributed by atoms with van der Waals surface area (Å²) < 4.78 is 0. The van der Waals surface area contributed by atoms with Crippen LogP contribution >= 0.6 is 22.9 Å². The average molecular weight is 356 g/mol. The summed E-state index contributed by atoms with van der Waals surface area (Å²) in [5.74, 6) is 0.974. The Labute approximate surface area is 150 Å². The standard InChI is InChI=1S/C19H18ClN3S/c1-10-4-6-13(7-5-10)8-21-18-17-14(9-22-18)15-11(2)16(20)12(3)23-19(15)24-17/h4-7H,8-9H2,1-3H3,(H,21,22). The zero-order valence-corrected chi connectivity index (χ0v) is 15.5. The summed E-state index contributed by atoms with van der Waals surface area (Å²) >= 11 is 8.10. The molecule has 2 aromatic heterocycles.